The van der Waals surface area contributed by atoms with Crippen LogP contribution >= 0.6 is 11.8 Å². The number of hydrogen-bond acceptors (Lipinski definition) is 4. The molecule has 1 atom stereocenters. The summed E-state index contributed by atoms with van der Waals surface area (Å²) in [5.74, 6) is 0.993. The van der Waals surface area contributed by atoms with Gasteiger partial charge in [-0.05, 0) is 25.1 Å². The van der Waals surface area contributed by atoms with E-state index in [1.165, 1.54) is 0 Å². The Labute approximate surface area is 129 Å². The molecule has 5 heteroatoms. The van der Waals surface area contributed by atoms with E-state index >= 15 is 0 Å². The fourth-order valence-corrected chi connectivity index (χ4v) is 3.46. The van der Waals surface area contributed by atoms with Crippen molar-refractivity contribution in [2.75, 3.05) is 12.3 Å². The summed E-state index contributed by atoms with van der Waals surface area (Å²) in [4.78, 5) is 13.2. The van der Waals surface area contributed by atoms with E-state index in [2.05, 4.69) is 5.32 Å². The lowest BCUT2D eigenvalue weighted by molar-refractivity contribution is -0.123. The van der Waals surface area contributed by atoms with Crippen molar-refractivity contribution in [3.05, 3.63) is 54.0 Å². The van der Waals surface area contributed by atoms with Crippen molar-refractivity contribution in [2.24, 2.45) is 5.73 Å². The Balaban J connectivity index is 2.31. The highest BCUT2D eigenvalue weighted by Crippen LogP contribution is 2.31. The quantitative estimate of drug-likeness (QED) is 0.772. The lowest BCUT2D eigenvalue weighted by Gasteiger charge is -2.31. The maximum Gasteiger partial charge on any atom is 0.243 e. The molecule has 3 N–H and O–H groups in total. The van der Waals surface area contributed by atoms with Crippen molar-refractivity contribution in [1.82, 2.24) is 5.32 Å². The minimum absolute atomic E-state index is 0.371. The summed E-state index contributed by atoms with van der Waals surface area (Å²) in [6.45, 7) is 4.53. The largest absolute Gasteiger partial charge is 0.468 e. The van der Waals surface area contributed by atoms with E-state index in [0.29, 0.717) is 12.3 Å². The van der Waals surface area contributed by atoms with E-state index in [-0.39, 0.29) is 5.91 Å². The molecule has 2 rings (SSSR count). The van der Waals surface area contributed by atoms with Gasteiger partial charge in [0, 0.05) is 10.6 Å². The van der Waals surface area contributed by atoms with Gasteiger partial charge >= 0.3 is 0 Å². The van der Waals surface area contributed by atoms with Gasteiger partial charge in [0.1, 0.15) is 11.3 Å². The summed E-state index contributed by atoms with van der Waals surface area (Å²) in [7, 11) is 0. The smallest absolute Gasteiger partial charge is 0.243 e. The summed E-state index contributed by atoms with van der Waals surface area (Å²) < 4.78 is 5.30. The molecule has 1 heterocycles. The molecular weight excluding hydrogens is 284 g/mol. The Morgan fingerprint density at radius 3 is 2.57 bits per heavy atom. The van der Waals surface area contributed by atoms with Crippen LogP contribution in [0.2, 0.25) is 0 Å². The average molecular weight is 304 g/mol. The minimum atomic E-state index is -0.885. The highest BCUT2D eigenvalue weighted by molar-refractivity contribution is 7.99. The maximum absolute atomic E-state index is 12.2. The average Bonchev–Trinajstić information content (AvgIpc) is 2.89. The molecule has 1 aromatic heterocycles. The third-order valence-electron chi connectivity index (χ3n) is 3.42. The molecule has 2 aromatic rings. The Morgan fingerprint density at radius 2 is 2.05 bits per heavy atom. The number of aryl methyl sites for hydroxylation is 1. The first kappa shape index (κ1) is 15.7. The molecule has 0 aliphatic heterocycles. The van der Waals surface area contributed by atoms with Crippen molar-refractivity contribution < 1.29 is 9.21 Å². The summed E-state index contributed by atoms with van der Waals surface area (Å²) in [6.07, 6.45) is 1.65. The van der Waals surface area contributed by atoms with Crippen LogP contribution in [0.4, 0.5) is 0 Å². The standard InChI is InChI=1S/C16H20N2O2S/c1-3-18-16(15(17)19,13-7-5-4-6-8-13)11-21-14-9-10-20-12(14)2/h4-10,18H,3,11H2,1-2H3,(H2,17,19). The third-order valence-corrected chi connectivity index (χ3v) is 4.73. The molecule has 0 radical (unpaired) electrons. The lowest BCUT2D eigenvalue weighted by atomic mass is 9.91. The highest BCUT2D eigenvalue weighted by Gasteiger charge is 2.37. The zero-order chi connectivity index (χ0) is 15.3. The Bertz CT molecular complexity index is 597. The molecule has 21 heavy (non-hydrogen) atoms. The van der Waals surface area contributed by atoms with Gasteiger partial charge in [0.25, 0.3) is 0 Å². The molecule has 1 aromatic carbocycles. The summed E-state index contributed by atoms with van der Waals surface area (Å²) >= 11 is 1.57. The number of thioether (sulfide) groups is 1. The number of likely N-dealkylation sites (N-methyl/N-ethyl adjacent to an activating group) is 1. The minimum Gasteiger partial charge on any atom is -0.468 e. The number of primary amides is 1. The molecule has 0 spiro atoms. The fourth-order valence-electron chi connectivity index (χ4n) is 2.27. The van der Waals surface area contributed by atoms with Crippen LogP contribution in [0, 0.1) is 6.92 Å². The first-order chi connectivity index (χ1) is 10.1. The third kappa shape index (κ3) is 3.31. The van der Waals surface area contributed by atoms with Gasteiger partial charge in [-0.3, -0.25) is 10.1 Å². The molecule has 0 saturated heterocycles. The van der Waals surface area contributed by atoms with Crippen LogP contribution in [0.5, 0.6) is 0 Å². The van der Waals surface area contributed by atoms with Crippen LogP contribution in [0.25, 0.3) is 0 Å². The molecule has 0 aliphatic rings. The second-order valence-corrected chi connectivity index (χ2v) is 5.81. The normalized spacial score (nSPS) is 13.8. The second kappa shape index (κ2) is 6.83. The van der Waals surface area contributed by atoms with Gasteiger partial charge in [-0.25, -0.2) is 0 Å². The Hall–Kier alpha value is -1.72. The van der Waals surface area contributed by atoms with E-state index < -0.39 is 5.54 Å². The Kier molecular flexibility index (Phi) is 5.09. The van der Waals surface area contributed by atoms with Crippen molar-refractivity contribution in [3.8, 4) is 0 Å². The van der Waals surface area contributed by atoms with Crippen LogP contribution in [-0.2, 0) is 10.3 Å². The maximum atomic E-state index is 12.2. The number of benzene rings is 1. The molecule has 4 nitrogen and oxygen atoms in total. The zero-order valence-electron chi connectivity index (χ0n) is 12.3. The highest BCUT2D eigenvalue weighted by atomic mass is 32.2. The lowest BCUT2D eigenvalue weighted by Crippen LogP contribution is -2.54. The molecule has 112 valence electrons. The van der Waals surface area contributed by atoms with Gasteiger partial charge < -0.3 is 10.2 Å². The van der Waals surface area contributed by atoms with Crippen LogP contribution in [-0.4, -0.2) is 18.2 Å². The second-order valence-electron chi connectivity index (χ2n) is 4.80. The summed E-state index contributed by atoms with van der Waals surface area (Å²) in [6, 6.07) is 11.5. The van der Waals surface area contributed by atoms with E-state index in [9.17, 15) is 4.79 Å². The Morgan fingerprint density at radius 1 is 1.33 bits per heavy atom. The van der Waals surface area contributed by atoms with Gasteiger partial charge in [-0.15, -0.1) is 11.8 Å². The van der Waals surface area contributed by atoms with Gasteiger partial charge in [-0.2, -0.15) is 0 Å². The number of hydrogen-bond donors (Lipinski definition) is 2. The molecular formula is C16H20N2O2S. The number of carbonyl (C=O) groups excluding carboxylic acids is 1. The van der Waals surface area contributed by atoms with Crippen LogP contribution in [0.3, 0.4) is 0 Å². The SMILES string of the molecule is CCNC(CSc1ccoc1C)(C(N)=O)c1ccccc1. The number of amides is 1. The fraction of sp³-hybridized carbons (Fsp3) is 0.312. The molecule has 1 amide bonds. The number of rotatable bonds is 7. The zero-order valence-corrected chi connectivity index (χ0v) is 13.1. The topological polar surface area (TPSA) is 68.3 Å². The number of carbonyl (C=O) groups is 1. The molecule has 0 fully saturated rings. The molecule has 1 unspecified atom stereocenters. The van der Waals surface area contributed by atoms with Gasteiger partial charge in [-0.1, -0.05) is 37.3 Å². The van der Waals surface area contributed by atoms with E-state index in [1.54, 1.807) is 18.0 Å². The van der Waals surface area contributed by atoms with Gasteiger partial charge in [0.05, 0.1) is 6.26 Å². The van der Waals surface area contributed by atoms with Crippen molar-refractivity contribution >= 4 is 17.7 Å². The first-order valence-electron chi connectivity index (χ1n) is 6.87. The van der Waals surface area contributed by atoms with Gasteiger partial charge in [0.15, 0.2) is 0 Å². The van der Waals surface area contributed by atoms with Crippen LogP contribution < -0.4 is 11.1 Å². The number of furan rings is 1. The molecule has 0 bridgehead atoms. The summed E-state index contributed by atoms with van der Waals surface area (Å²) in [5.41, 5.74) is 5.73. The number of nitrogens with one attached hydrogen (secondary N) is 1. The molecule has 0 aliphatic carbocycles. The van der Waals surface area contributed by atoms with Crippen LogP contribution in [0.15, 0.2) is 52.0 Å². The van der Waals surface area contributed by atoms with E-state index in [4.69, 9.17) is 10.2 Å². The van der Waals surface area contributed by atoms with E-state index in [1.807, 2.05) is 50.2 Å². The monoisotopic (exact) mass is 304 g/mol. The summed E-state index contributed by atoms with van der Waals surface area (Å²) in [5, 5.41) is 3.27. The van der Waals surface area contributed by atoms with Crippen molar-refractivity contribution in [1.29, 1.82) is 0 Å². The predicted octanol–water partition coefficient (Wildman–Crippen LogP) is 2.67. The van der Waals surface area contributed by atoms with Gasteiger partial charge in [0.2, 0.25) is 5.91 Å². The predicted molar refractivity (Wildman–Crippen MR) is 85.2 cm³/mol. The van der Waals surface area contributed by atoms with Crippen LogP contribution in [0.1, 0.15) is 18.2 Å². The first-order valence-corrected chi connectivity index (χ1v) is 7.86. The molecule has 0 saturated carbocycles. The van der Waals surface area contributed by atoms with E-state index in [0.717, 1.165) is 16.2 Å². The number of nitrogens with two attached hydrogens (primary N) is 1. The van der Waals surface area contributed by atoms with Crippen molar-refractivity contribution in [2.45, 2.75) is 24.3 Å². The van der Waals surface area contributed by atoms with Crippen molar-refractivity contribution in [3.63, 3.8) is 0 Å².